The van der Waals surface area contributed by atoms with E-state index < -0.39 is 10.0 Å². The van der Waals surface area contributed by atoms with E-state index in [0.29, 0.717) is 24.6 Å². The summed E-state index contributed by atoms with van der Waals surface area (Å²) >= 11 is 0. The number of nitrogens with zero attached hydrogens (tertiary/aromatic N) is 3. The predicted octanol–water partition coefficient (Wildman–Crippen LogP) is 1.99. The molecule has 128 valence electrons. The molecule has 0 unspecified atom stereocenters. The zero-order valence-corrected chi connectivity index (χ0v) is 14.4. The van der Waals surface area contributed by atoms with Gasteiger partial charge in [-0.25, -0.2) is 13.4 Å². The van der Waals surface area contributed by atoms with Gasteiger partial charge in [-0.2, -0.15) is 4.31 Å². The van der Waals surface area contributed by atoms with Crippen LogP contribution in [0.2, 0.25) is 0 Å². The van der Waals surface area contributed by atoms with Gasteiger partial charge in [0.2, 0.25) is 10.0 Å². The van der Waals surface area contributed by atoms with Gasteiger partial charge in [0.1, 0.15) is 0 Å². The highest BCUT2D eigenvalue weighted by Crippen LogP contribution is 2.41. The number of hydrogen-bond donors (Lipinski definition) is 0. The molecule has 0 radical (unpaired) electrons. The second-order valence-corrected chi connectivity index (χ2v) is 8.62. The van der Waals surface area contributed by atoms with Crippen LogP contribution in [0.3, 0.4) is 0 Å². The minimum Gasteiger partial charge on any atom is -0.371 e. The van der Waals surface area contributed by atoms with Crippen LogP contribution in [0.1, 0.15) is 24.4 Å². The lowest BCUT2D eigenvalue weighted by molar-refractivity contribution is 0.0165. The van der Waals surface area contributed by atoms with Crippen molar-refractivity contribution in [2.45, 2.75) is 36.3 Å². The van der Waals surface area contributed by atoms with Crippen LogP contribution < -0.4 is 0 Å². The molecule has 24 heavy (non-hydrogen) atoms. The summed E-state index contributed by atoms with van der Waals surface area (Å²) in [6.07, 6.45) is 7.05. The van der Waals surface area contributed by atoms with Crippen LogP contribution in [0.4, 0.5) is 0 Å². The normalized spacial score (nSPS) is 28.0. The third kappa shape index (κ3) is 2.56. The van der Waals surface area contributed by atoms with Crippen molar-refractivity contribution < 1.29 is 13.2 Å². The molecular formula is C17H21N3O3S. The Bertz CT molecular complexity index is 835. The van der Waals surface area contributed by atoms with Crippen molar-refractivity contribution in [1.29, 1.82) is 0 Å². The number of aromatic nitrogens is 2. The lowest BCUT2D eigenvalue weighted by Crippen LogP contribution is -2.36. The van der Waals surface area contributed by atoms with E-state index >= 15 is 0 Å². The summed E-state index contributed by atoms with van der Waals surface area (Å²) in [6, 6.07) is 7.37. The van der Waals surface area contributed by atoms with Crippen molar-refractivity contribution in [2.75, 3.05) is 19.7 Å². The molecule has 4 rings (SSSR count). The second-order valence-electron chi connectivity index (χ2n) is 6.72. The maximum Gasteiger partial charge on any atom is 0.243 e. The molecule has 3 heterocycles. The number of aryl methyl sites for hydroxylation is 1. The Balaban J connectivity index is 1.54. The smallest absolute Gasteiger partial charge is 0.243 e. The van der Waals surface area contributed by atoms with Crippen molar-refractivity contribution in [3.8, 4) is 0 Å². The molecule has 0 saturated carbocycles. The fraction of sp³-hybridized carbons (Fsp3) is 0.471. The van der Waals surface area contributed by atoms with E-state index in [1.165, 1.54) is 0 Å². The molecule has 0 bridgehead atoms. The monoisotopic (exact) mass is 347 g/mol. The topological polar surface area (TPSA) is 64.4 Å². The molecule has 1 aromatic carbocycles. The van der Waals surface area contributed by atoms with Gasteiger partial charge in [-0.05, 0) is 25.0 Å². The van der Waals surface area contributed by atoms with Gasteiger partial charge in [0.05, 0.1) is 29.5 Å². The third-order valence-corrected chi connectivity index (χ3v) is 7.13. The molecule has 6 nitrogen and oxygen atoms in total. The molecule has 0 N–H and O–H groups in total. The first-order chi connectivity index (χ1) is 11.5. The Morgan fingerprint density at radius 3 is 2.92 bits per heavy atom. The summed E-state index contributed by atoms with van der Waals surface area (Å²) in [6.45, 7) is 3.37. The molecule has 2 saturated heterocycles. The molecule has 0 amide bonds. The Morgan fingerprint density at radius 2 is 2.17 bits per heavy atom. The van der Waals surface area contributed by atoms with Gasteiger partial charge in [-0.1, -0.05) is 18.2 Å². The number of sulfonamides is 1. The van der Waals surface area contributed by atoms with E-state index in [0.717, 1.165) is 18.4 Å². The molecule has 1 aromatic heterocycles. The Morgan fingerprint density at radius 1 is 1.33 bits per heavy atom. The summed E-state index contributed by atoms with van der Waals surface area (Å²) < 4.78 is 35.6. The number of ether oxygens (including phenoxy) is 1. The fourth-order valence-corrected chi connectivity index (χ4v) is 5.52. The predicted molar refractivity (Wildman–Crippen MR) is 89.1 cm³/mol. The van der Waals surface area contributed by atoms with Crippen molar-refractivity contribution in [2.24, 2.45) is 0 Å². The summed E-state index contributed by atoms with van der Waals surface area (Å²) in [4.78, 5) is 4.48. The average Bonchev–Trinajstić information content (AvgIpc) is 3.29. The van der Waals surface area contributed by atoms with Gasteiger partial charge in [0, 0.05) is 31.9 Å². The van der Waals surface area contributed by atoms with Crippen LogP contribution in [0.5, 0.6) is 0 Å². The Labute approximate surface area is 142 Å². The maximum atomic E-state index is 13.0. The highest BCUT2D eigenvalue weighted by atomic mass is 32.2. The second kappa shape index (κ2) is 5.68. The van der Waals surface area contributed by atoms with Gasteiger partial charge >= 0.3 is 0 Å². The lowest BCUT2D eigenvalue weighted by atomic mass is 9.97. The van der Waals surface area contributed by atoms with Crippen molar-refractivity contribution in [3.05, 3.63) is 48.5 Å². The molecule has 7 heteroatoms. The van der Waals surface area contributed by atoms with Gasteiger partial charge in [0.25, 0.3) is 0 Å². The van der Waals surface area contributed by atoms with Gasteiger partial charge in [-0.15, -0.1) is 0 Å². The molecular weight excluding hydrogens is 326 g/mol. The first kappa shape index (κ1) is 15.8. The zero-order valence-electron chi connectivity index (χ0n) is 13.6. The van der Waals surface area contributed by atoms with Crippen LogP contribution in [0, 0.1) is 6.92 Å². The Hall–Kier alpha value is -1.70. The summed E-state index contributed by atoms with van der Waals surface area (Å²) in [5.74, 6) is 0. The Kier molecular flexibility index (Phi) is 3.74. The van der Waals surface area contributed by atoms with E-state index in [1.807, 2.05) is 29.8 Å². The maximum absolute atomic E-state index is 13.0. The van der Waals surface area contributed by atoms with Crippen molar-refractivity contribution >= 4 is 10.0 Å². The third-order valence-electron chi connectivity index (χ3n) is 5.13. The first-order valence-electron chi connectivity index (χ1n) is 8.17. The summed E-state index contributed by atoms with van der Waals surface area (Å²) in [7, 11) is -3.47. The summed E-state index contributed by atoms with van der Waals surface area (Å²) in [5, 5.41) is 0. The van der Waals surface area contributed by atoms with Crippen LogP contribution in [-0.4, -0.2) is 47.6 Å². The largest absolute Gasteiger partial charge is 0.371 e. The van der Waals surface area contributed by atoms with Crippen LogP contribution in [0.15, 0.2) is 47.9 Å². The van der Waals surface area contributed by atoms with Gasteiger partial charge in [0.15, 0.2) is 0 Å². The average molecular weight is 347 g/mol. The fourth-order valence-electron chi connectivity index (χ4n) is 3.78. The number of imidazole rings is 1. The van der Waals surface area contributed by atoms with Gasteiger partial charge < -0.3 is 9.30 Å². The van der Waals surface area contributed by atoms with E-state index in [9.17, 15) is 8.42 Å². The van der Waals surface area contributed by atoms with E-state index in [-0.39, 0.29) is 11.6 Å². The molecule has 2 atom stereocenters. The first-order valence-corrected chi connectivity index (χ1v) is 9.61. The minimum absolute atomic E-state index is 0.230. The highest BCUT2D eigenvalue weighted by molar-refractivity contribution is 7.89. The number of rotatable bonds is 3. The van der Waals surface area contributed by atoms with E-state index in [4.69, 9.17) is 4.74 Å². The SMILES string of the molecule is Cc1ccccc1S(=O)(=O)N1CC[C@@]2(C[C@@H](n3ccnc3)CO2)C1. The van der Waals surface area contributed by atoms with Crippen molar-refractivity contribution in [3.63, 3.8) is 0 Å². The standard InChI is InChI=1S/C17H21N3O3S/c1-14-4-2-3-5-16(14)24(21,22)20-8-6-17(12-20)10-15(11-23-17)19-9-7-18-13-19/h2-5,7,9,13,15H,6,8,10-12H2,1H3/t15-,17-/m1/s1. The lowest BCUT2D eigenvalue weighted by Gasteiger charge is -2.23. The van der Waals surface area contributed by atoms with Crippen LogP contribution in [-0.2, 0) is 14.8 Å². The van der Waals surface area contributed by atoms with Crippen molar-refractivity contribution in [1.82, 2.24) is 13.9 Å². The molecule has 0 aliphatic carbocycles. The van der Waals surface area contributed by atoms with Gasteiger partial charge in [-0.3, -0.25) is 0 Å². The minimum atomic E-state index is -3.47. The van der Waals surface area contributed by atoms with E-state index in [2.05, 4.69) is 4.98 Å². The van der Waals surface area contributed by atoms with Crippen LogP contribution in [0.25, 0.3) is 0 Å². The molecule has 2 aromatic rings. The molecule has 1 spiro atoms. The quantitative estimate of drug-likeness (QED) is 0.852. The number of hydrogen-bond acceptors (Lipinski definition) is 4. The molecule has 2 aliphatic heterocycles. The van der Waals surface area contributed by atoms with E-state index in [1.54, 1.807) is 29.0 Å². The number of benzene rings is 1. The van der Waals surface area contributed by atoms with Crippen LogP contribution >= 0.6 is 0 Å². The molecule has 2 aliphatic rings. The molecule has 2 fully saturated rings. The zero-order chi connectivity index (χ0) is 16.8. The summed E-state index contributed by atoms with van der Waals surface area (Å²) in [5.41, 5.74) is 0.409. The highest BCUT2D eigenvalue weighted by Gasteiger charge is 2.49.